The maximum absolute atomic E-state index is 12.3. The number of fused-ring (bicyclic) bond motifs is 3. The third-order valence-electron chi connectivity index (χ3n) is 2.96. The molecule has 1 N–H and O–H groups in total. The fraction of sp³-hybridized carbons (Fsp3) is 0. The van der Waals surface area contributed by atoms with Gasteiger partial charge in [-0.3, -0.25) is 9.20 Å². The highest BCUT2D eigenvalue weighted by molar-refractivity contribution is 5.92. The van der Waals surface area contributed by atoms with Gasteiger partial charge in [-0.05, 0) is 24.3 Å². The molecule has 4 rings (SSSR count). The van der Waals surface area contributed by atoms with Crippen molar-refractivity contribution in [2.24, 2.45) is 0 Å². The molecule has 0 unspecified atom stereocenters. The van der Waals surface area contributed by atoms with Crippen LogP contribution in [0.2, 0.25) is 0 Å². The van der Waals surface area contributed by atoms with Crippen molar-refractivity contribution >= 4 is 27.6 Å². The molecule has 0 saturated heterocycles. The molecular formula is C12H7N5O. The van der Waals surface area contributed by atoms with Crippen LogP contribution in [0.5, 0.6) is 0 Å². The molecule has 6 nitrogen and oxygen atoms in total. The number of benzene rings is 1. The van der Waals surface area contributed by atoms with Crippen LogP contribution in [-0.2, 0) is 0 Å². The number of nitrogens with zero attached hydrogens (tertiary/aromatic N) is 4. The molecule has 3 heterocycles. The van der Waals surface area contributed by atoms with Gasteiger partial charge in [-0.25, -0.2) is 4.98 Å². The van der Waals surface area contributed by atoms with E-state index < -0.39 is 0 Å². The van der Waals surface area contributed by atoms with Gasteiger partial charge in [0.2, 0.25) is 0 Å². The van der Waals surface area contributed by atoms with Gasteiger partial charge < -0.3 is 0 Å². The summed E-state index contributed by atoms with van der Waals surface area (Å²) in [4.78, 5) is 16.8. The first-order valence-corrected chi connectivity index (χ1v) is 5.44. The lowest BCUT2D eigenvalue weighted by Crippen LogP contribution is -2.14. The lowest BCUT2D eigenvalue weighted by atomic mass is 10.2. The second-order valence-electron chi connectivity index (χ2n) is 4.03. The SMILES string of the molecule is O=c1c2cc3n[nH]nc3cc2nc2ccccn12. The lowest BCUT2D eigenvalue weighted by Gasteiger charge is -2.01. The molecule has 0 saturated carbocycles. The van der Waals surface area contributed by atoms with Gasteiger partial charge in [0.15, 0.2) is 0 Å². The normalized spacial score (nSPS) is 11.6. The van der Waals surface area contributed by atoms with Crippen molar-refractivity contribution < 1.29 is 0 Å². The Morgan fingerprint density at radius 2 is 1.89 bits per heavy atom. The van der Waals surface area contributed by atoms with Crippen molar-refractivity contribution in [3.05, 3.63) is 46.9 Å². The Morgan fingerprint density at radius 3 is 2.78 bits per heavy atom. The predicted octanol–water partition coefficient (Wildman–Crippen LogP) is 1.12. The van der Waals surface area contributed by atoms with Crippen LogP contribution in [0, 0.1) is 0 Å². The minimum Gasteiger partial charge on any atom is -0.268 e. The van der Waals surface area contributed by atoms with Crippen LogP contribution < -0.4 is 5.56 Å². The molecule has 18 heavy (non-hydrogen) atoms. The summed E-state index contributed by atoms with van der Waals surface area (Å²) in [6.45, 7) is 0. The zero-order valence-corrected chi connectivity index (χ0v) is 9.16. The van der Waals surface area contributed by atoms with Crippen molar-refractivity contribution in [3.63, 3.8) is 0 Å². The van der Waals surface area contributed by atoms with Crippen LogP contribution in [0.15, 0.2) is 41.3 Å². The summed E-state index contributed by atoms with van der Waals surface area (Å²) in [5, 5.41) is 11.1. The second kappa shape index (κ2) is 3.13. The molecule has 0 aliphatic carbocycles. The Hall–Kier alpha value is -2.76. The molecule has 1 aromatic carbocycles. The first kappa shape index (κ1) is 9.29. The highest BCUT2D eigenvalue weighted by Crippen LogP contribution is 2.16. The number of H-pyrrole nitrogens is 1. The lowest BCUT2D eigenvalue weighted by molar-refractivity contribution is 0.959. The van der Waals surface area contributed by atoms with E-state index in [1.165, 1.54) is 4.40 Å². The summed E-state index contributed by atoms with van der Waals surface area (Å²) in [6.07, 6.45) is 1.71. The van der Waals surface area contributed by atoms with E-state index in [1.54, 1.807) is 30.5 Å². The molecule has 6 heteroatoms. The van der Waals surface area contributed by atoms with Crippen molar-refractivity contribution in [1.29, 1.82) is 0 Å². The zero-order valence-electron chi connectivity index (χ0n) is 9.16. The van der Waals surface area contributed by atoms with Crippen LogP contribution in [0.1, 0.15) is 0 Å². The number of hydrogen-bond donors (Lipinski definition) is 1. The molecule has 0 amide bonds. The van der Waals surface area contributed by atoms with Gasteiger partial charge >= 0.3 is 0 Å². The first-order valence-electron chi connectivity index (χ1n) is 5.44. The van der Waals surface area contributed by atoms with Gasteiger partial charge in [-0.2, -0.15) is 15.4 Å². The maximum Gasteiger partial charge on any atom is 0.265 e. The largest absolute Gasteiger partial charge is 0.268 e. The maximum atomic E-state index is 12.3. The summed E-state index contributed by atoms with van der Waals surface area (Å²) in [5.41, 5.74) is 2.53. The number of aromatic nitrogens is 5. The standard InChI is InChI=1S/C12H7N5O/c18-12-7-5-9-10(15-16-14-9)6-8(7)13-11-3-1-2-4-17(11)12/h1-6H,(H,14,15,16). The van der Waals surface area contributed by atoms with Gasteiger partial charge in [-0.15, -0.1) is 0 Å². The molecule has 0 bridgehead atoms. The smallest absolute Gasteiger partial charge is 0.265 e. The fourth-order valence-electron chi connectivity index (χ4n) is 2.09. The highest BCUT2D eigenvalue weighted by Gasteiger charge is 2.08. The molecule has 3 aromatic heterocycles. The van der Waals surface area contributed by atoms with E-state index >= 15 is 0 Å². The summed E-state index contributed by atoms with van der Waals surface area (Å²) in [5.74, 6) is 0. The average Bonchev–Trinajstić information content (AvgIpc) is 2.84. The minimum absolute atomic E-state index is 0.0968. The Labute approximate surface area is 99.9 Å². The van der Waals surface area contributed by atoms with E-state index in [1.807, 2.05) is 6.07 Å². The summed E-state index contributed by atoms with van der Waals surface area (Å²) >= 11 is 0. The number of pyridine rings is 1. The Kier molecular flexibility index (Phi) is 1.62. The van der Waals surface area contributed by atoms with Gasteiger partial charge in [0.05, 0.1) is 10.9 Å². The quantitative estimate of drug-likeness (QED) is 0.465. The molecule has 0 aliphatic heterocycles. The van der Waals surface area contributed by atoms with Crippen LogP contribution >= 0.6 is 0 Å². The highest BCUT2D eigenvalue weighted by atomic mass is 16.1. The molecule has 0 atom stereocenters. The third-order valence-corrected chi connectivity index (χ3v) is 2.96. The Morgan fingerprint density at radius 1 is 1.06 bits per heavy atom. The summed E-state index contributed by atoms with van der Waals surface area (Å²) in [6, 6.07) is 8.93. The van der Waals surface area contributed by atoms with E-state index in [-0.39, 0.29) is 5.56 Å². The van der Waals surface area contributed by atoms with Gasteiger partial charge in [0, 0.05) is 6.20 Å². The monoisotopic (exact) mass is 237 g/mol. The van der Waals surface area contributed by atoms with Crippen molar-refractivity contribution in [2.75, 3.05) is 0 Å². The summed E-state index contributed by atoms with van der Waals surface area (Å²) in [7, 11) is 0. The topological polar surface area (TPSA) is 75.9 Å². The van der Waals surface area contributed by atoms with Crippen LogP contribution in [0.3, 0.4) is 0 Å². The summed E-state index contributed by atoms with van der Waals surface area (Å²) < 4.78 is 1.52. The van der Waals surface area contributed by atoms with E-state index in [2.05, 4.69) is 20.4 Å². The van der Waals surface area contributed by atoms with Crippen molar-refractivity contribution in [2.45, 2.75) is 0 Å². The Balaban J connectivity index is 2.33. The van der Waals surface area contributed by atoms with Crippen LogP contribution in [0.25, 0.3) is 27.6 Å². The molecule has 0 fully saturated rings. The van der Waals surface area contributed by atoms with Crippen LogP contribution in [-0.4, -0.2) is 24.8 Å². The number of aromatic amines is 1. The van der Waals surface area contributed by atoms with E-state index in [4.69, 9.17) is 0 Å². The van der Waals surface area contributed by atoms with Gasteiger partial charge in [0.25, 0.3) is 5.56 Å². The van der Waals surface area contributed by atoms with Crippen molar-refractivity contribution in [1.82, 2.24) is 24.8 Å². The second-order valence-corrected chi connectivity index (χ2v) is 4.03. The first-order chi connectivity index (χ1) is 8.83. The number of nitrogens with one attached hydrogen (secondary N) is 1. The molecule has 0 spiro atoms. The van der Waals surface area contributed by atoms with E-state index in [0.29, 0.717) is 27.6 Å². The van der Waals surface area contributed by atoms with Gasteiger partial charge in [0.1, 0.15) is 16.7 Å². The van der Waals surface area contributed by atoms with E-state index in [9.17, 15) is 4.79 Å². The number of rotatable bonds is 0. The van der Waals surface area contributed by atoms with Gasteiger partial charge in [-0.1, -0.05) is 6.07 Å². The Bertz CT molecular complexity index is 953. The fourth-order valence-corrected chi connectivity index (χ4v) is 2.09. The molecule has 4 aromatic rings. The third kappa shape index (κ3) is 1.11. The zero-order chi connectivity index (χ0) is 12.1. The average molecular weight is 237 g/mol. The van der Waals surface area contributed by atoms with Crippen molar-refractivity contribution in [3.8, 4) is 0 Å². The molecule has 0 radical (unpaired) electrons. The van der Waals surface area contributed by atoms with E-state index in [0.717, 1.165) is 0 Å². The molecule has 0 aliphatic rings. The predicted molar refractivity (Wildman–Crippen MR) is 66.4 cm³/mol. The molecule has 86 valence electrons. The molecular weight excluding hydrogens is 230 g/mol. The minimum atomic E-state index is -0.0968. The van der Waals surface area contributed by atoms with Crippen LogP contribution in [0.4, 0.5) is 0 Å². The number of hydrogen-bond acceptors (Lipinski definition) is 4.